The monoisotopic (exact) mass is 355 g/mol. The van der Waals surface area contributed by atoms with Crippen molar-refractivity contribution < 1.29 is 23.8 Å². The Morgan fingerprint density at radius 1 is 1.12 bits per heavy atom. The molecule has 1 aliphatic rings. The number of nitrogens with one attached hydrogen (secondary N) is 1. The van der Waals surface area contributed by atoms with Crippen molar-refractivity contribution in [1.29, 1.82) is 0 Å². The second-order valence-electron chi connectivity index (χ2n) is 6.30. The van der Waals surface area contributed by atoms with Gasteiger partial charge in [0.1, 0.15) is 6.61 Å². The van der Waals surface area contributed by atoms with E-state index in [2.05, 4.69) is 19.2 Å². The summed E-state index contributed by atoms with van der Waals surface area (Å²) >= 11 is 0. The quantitative estimate of drug-likeness (QED) is 0.834. The molecule has 0 saturated carbocycles. The van der Waals surface area contributed by atoms with Crippen molar-refractivity contribution in [3.05, 3.63) is 54.1 Å². The number of carbonyl (C=O) groups excluding carboxylic acids is 2. The first-order valence-electron chi connectivity index (χ1n) is 8.48. The molecule has 2 aromatic carbocycles. The van der Waals surface area contributed by atoms with Crippen molar-refractivity contribution in [2.75, 3.05) is 18.5 Å². The molecule has 1 unspecified atom stereocenters. The van der Waals surface area contributed by atoms with Gasteiger partial charge in [-0.1, -0.05) is 38.1 Å². The van der Waals surface area contributed by atoms with E-state index in [-0.39, 0.29) is 13.2 Å². The van der Waals surface area contributed by atoms with Crippen LogP contribution in [0.15, 0.2) is 48.5 Å². The fourth-order valence-electron chi connectivity index (χ4n) is 2.51. The first-order valence-corrected chi connectivity index (χ1v) is 8.48. The van der Waals surface area contributed by atoms with E-state index >= 15 is 0 Å². The van der Waals surface area contributed by atoms with Gasteiger partial charge in [-0.3, -0.25) is 4.79 Å². The van der Waals surface area contributed by atoms with Crippen molar-refractivity contribution in [2.45, 2.75) is 25.9 Å². The lowest BCUT2D eigenvalue weighted by atomic mass is 10.0. The molecule has 0 fully saturated rings. The largest absolute Gasteiger partial charge is 0.485 e. The molecule has 1 heterocycles. The van der Waals surface area contributed by atoms with Gasteiger partial charge in [0.05, 0.1) is 0 Å². The molecular weight excluding hydrogens is 334 g/mol. The van der Waals surface area contributed by atoms with Gasteiger partial charge in [0.15, 0.2) is 18.1 Å². The molecule has 6 heteroatoms. The molecular formula is C20H21NO5. The molecule has 0 bridgehead atoms. The minimum Gasteiger partial charge on any atom is -0.485 e. The standard InChI is InChI=1S/C20H21NO5/c1-13(2)14-7-9-15(10-8-14)21-19(22)12-25-20(23)18-11-24-16-5-3-4-6-17(16)26-18/h3-10,13,18H,11-12H2,1-2H3,(H,21,22). The topological polar surface area (TPSA) is 73.9 Å². The highest BCUT2D eigenvalue weighted by molar-refractivity contribution is 5.93. The van der Waals surface area contributed by atoms with Crippen LogP contribution in [0.4, 0.5) is 5.69 Å². The van der Waals surface area contributed by atoms with Gasteiger partial charge in [0, 0.05) is 5.69 Å². The Labute approximate surface area is 152 Å². The molecule has 1 atom stereocenters. The van der Waals surface area contributed by atoms with E-state index in [1.807, 2.05) is 30.3 Å². The maximum Gasteiger partial charge on any atom is 0.351 e. The van der Waals surface area contributed by atoms with E-state index < -0.39 is 18.0 Å². The van der Waals surface area contributed by atoms with E-state index in [0.717, 1.165) is 0 Å². The summed E-state index contributed by atoms with van der Waals surface area (Å²) in [5.41, 5.74) is 1.84. The molecule has 6 nitrogen and oxygen atoms in total. The van der Waals surface area contributed by atoms with Gasteiger partial charge in [-0.25, -0.2) is 4.79 Å². The van der Waals surface area contributed by atoms with Crippen molar-refractivity contribution in [2.24, 2.45) is 0 Å². The van der Waals surface area contributed by atoms with E-state index in [9.17, 15) is 9.59 Å². The van der Waals surface area contributed by atoms with Crippen LogP contribution >= 0.6 is 0 Å². The molecule has 1 aliphatic heterocycles. The third-order valence-electron chi connectivity index (χ3n) is 3.98. The summed E-state index contributed by atoms with van der Waals surface area (Å²) in [6.45, 7) is 3.87. The first-order chi connectivity index (χ1) is 12.5. The van der Waals surface area contributed by atoms with Crippen LogP contribution in [-0.2, 0) is 14.3 Å². The summed E-state index contributed by atoms with van der Waals surface area (Å²) in [4.78, 5) is 24.0. The van der Waals surface area contributed by atoms with Gasteiger partial charge < -0.3 is 19.5 Å². The number of carbonyl (C=O) groups is 2. The second kappa shape index (κ2) is 7.91. The second-order valence-corrected chi connectivity index (χ2v) is 6.30. The number of rotatable bonds is 5. The molecule has 26 heavy (non-hydrogen) atoms. The molecule has 0 spiro atoms. The number of ether oxygens (including phenoxy) is 3. The summed E-state index contributed by atoms with van der Waals surface area (Å²) in [5, 5.41) is 2.69. The highest BCUT2D eigenvalue weighted by Crippen LogP contribution is 2.31. The maximum absolute atomic E-state index is 12.1. The predicted molar refractivity (Wildman–Crippen MR) is 96.5 cm³/mol. The Morgan fingerprint density at radius 2 is 1.81 bits per heavy atom. The molecule has 0 aliphatic carbocycles. The van der Waals surface area contributed by atoms with E-state index in [1.54, 1.807) is 18.2 Å². The van der Waals surface area contributed by atoms with Crippen LogP contribution in [0.5, 0.6) is 11.5 Å². The summed E-state index contributed by atoms with van der Waals surface area (Å²) in [7, 11) is 0. The number of hydrogen-bond acceptors (Lipinski definition) is 5. The minimum absolute atomic E-state index is 0.0497. The van der Waals surface area contributed by atoms with Crippen LogP contribution in [0.3, 0.4) is 0 Å². The number of amides is 1. The Kier molecular flexibility index (Phi) is 5.41. The molecule has 0 saturated heterocycles. The molecule has 0 aromatic heterocycles. The van der Waals surface area contributed by atoms with Gasteiger partial charge in [-0.2, -0.15) is 0 Å². The minimum atomic E-state index is -0.886. The van der Waals surface area contributed by atoms with Crippen LogP contribution in [0.25, 0.3) is 0 Å². The first kappa shape index (κ1) is 17.8. The van der Waals surface area contributed by atoms with Crippen LogP contribution in [0.2, 0.25) is 0 Å². The van der Waals surface area contributed by atoms with E-state index in [0.29, 0.717) is 23.1 Å². The van der Waals surface area contributed by atoms with Crippen LogP contribution in [0.1, 0.15) is 25.3 Å². The number of hydrogen-bond donors (Lipinski definition) is 1. The summed E-state index contributed by atoms with van der Waals surface area (Å²) < 4.78 is 16.0. The molecule has 136 valence electrons. The maximum atomic E-state index is 12.1. The Morgan fingerprint density at radius 3 is 2.50 bits per heavy atom. The lowest BCUT2D eigenvalue weighted by Gasteiger charge is -2.24. The lowest BCUT2D eigenvalue weighted by molar-refractivity contribution is -0.156. The SMILES string of the molecule is CC(C)c1ccc(NC(=O)COC(=O)C2COc3ccccc3O2)cc1. The van der Waals surface area contributed by atoms with Crippen molar-refractivity contribution in [1.82, 2.24) is 0 Å². The zero-order chi connectivity index (χ0) is 18.5. The summed E-state index contributed by atoms with van der Waals surface area (Å²) in [6.07, 6.45) is -0.886. The van der Waals surface area contributed by atoms with Crippen molar-refractivity contribution in [3.8, 4) is 11.5 Å². The third kappa shape index (κ3) is 4.33. The molecule has 1 N–H and O–H groups in total. The van der Waals surface area contributed by atoms with Gasteiger partial charge in [-0.15, -0.1) is 0 Å². The Hall–Kier alpha value is -3.02. The molecule has 2 aromatic rings. The third-order valence-corrected chi connectivity index (χ3v) is 3.98. The molecule has 3 rings (SSSR count). The number of fused-ring (bicyclic) bond motifs is 1. The summed E-state index contributed by atoms with van der Waals surface area (Å²) in [6, 6.07) is 14.6. The van der Waals surface area contributed by atoms with Crippen molar-refractivity contribution >= 4 is 17.6 Å². The van der Waals surface area contributed by atoms with Crippen molar-refractivity contribution in [3.63, 3.8) is 0 Å². The van der Waals surface area contributed by atoms with E-state index in [4.69, 9.17) is 14.2 Å². The zero-order valence-corrected chi connectivity index (χ0v) is 14.7. The van der Waals surface area contributed by atoms with Gasteiger partial charge in [0.2, 0.25) is 6.10 Å². The van der Waals surface area contributed by atoms with Gasteiger partial charge >= 0.3 is 5.97 Å². The van der Waals surface area contributed by atoms with Crippen LogP contribution in [0, 0.1) is 0 Å². The normalized spacial score (nSPS) is 15.4. The fourth-order valence-corrected chi connectivity index (χ4v) is 2.51. The number of anilines is 1. The highest BCUT2D eigenvalue weighted by atomic mass is 16.6. The summed E-state index contributed by atoms with van der Waals surface area (Å²) in [5.74, 6) is 0.440. The Balaban J connectivity index is 1.48. The molecule has 0 radical (unpaired) electrons. The molecule has 1 amide bonds. The van der Waals surface area contributed by atoms with Gasteiger partial charge in [0.25, 0.3) is 5.91 Å². The lowest BCUT2D eigenvalue weighted by Crippen LogP contribution is -2.39. The number of benzene rings is 2. The van der Waals surface area contributed by atoms with Crippen LogP contribution in [-0.4, -0.2) is 31.2 Å². The zero-order valence-electron chi connectivity index (χ0n) is 14.7. The number of esters is 1. The average molecular weight is 355 g/mol. The highest BCUT2D eigenvalue weighted by Gasteiger charge is 2.29. The van der Waals surface area contributed by atoms with Gasteiger partial charge in [-0.05, 0) is 35.7 Å². The number of para-hydroxylation sites is 2. The smallest absolute Gasteiger partial charge is 0.351 e. The van der Waals surface area contributed by atoms with Crippen LogP contribution < -0.4 is 14.8 Å². The average Bonchev–Trinajstić information content (AvgIpc) is 2.66. The predicted octanol–water partition coefficient (Wildman–Crippen LogP) is 3.13. The fraction of sp³-hybridized carbons (Fsp3) is 0.300. The van der Waals surface area contributed by atoms with E-state index in [1.165, 1.54) is 5.56 Å². The Bertz CT molecular complexity index is 785.